The number of carbonyl (C=O) groups excluding carboxylic acids is 1. The van der Waals surface area contributed by atoms with Gasteiger partial charge in [0, 0.05) is 23.6 Å². The van der Waals surface area contributed by atoms with Gasteiger partial charge in [0.2, 0.25) is 0 Å². The Morgan fingerprint density at radius 3 is 2.84 bits per heavy atom. The lowest BCUT2D eigenvalue weighted by atomic mass is 10.0. The van der Waals surface area contributed by atoms with E-state index in [-0.39, 0.29) is 6.03 Å². The Bertz CT molecular complexity index is 419. The summed E-state index contributed by atoms with van der Waals surface area (Å²) in [6, 6.07) is 8.83. The SMILES string of the molecule is CCCNC(=O)N1CCCC1Cc1ccc(Br)cc1. The standard InChI is InChI=1S/C15H21BrN2O/c1-2-9-17-15(19)18-10-3-4-14(18)11-12-5-7-13(16)8-6-12/h5-8,14H,2-4,9-11H2,1H3,(H,17,19). The summed E-state index contributed by atoms with van der Waals surface area (Å²) < 4.78 is 1.10. The molecule has 0 spiro atoms. The van der Waals surface area contributed by atoms with Crippen molar-refractivity contribution in [3.8, 4) is 0 Å². The lowest BCUT2D eigenvalue weighted by molar-refractivity contribution is 0.192. The smallest absolute Gasteiger partial charge is 0.317 e. The molecule has 4 heteroatoms. The van der Waals surface area contributed by atoms with Gasteiger partial charge in [0.1, 0.15) is 0 Å². The lowest BCUT2D eigenvalue weighted by Crippen LogP contribution is -2.43. The second-order valence-corrected chi connectivity index (χ2v) is 5.97. The van der Waals surface area contributed by atoms with Gasteiger partial charge in [-0.1, -0.05) is 35.0 Å². The first kappa shape index (κ1) is 14.4. The van der Waals surface area contributed by atoms with Gasteiger partial charge in [0.25, 0.3) is 0 Å². The summed E-state index contributed by atoms with van der Waals surface area (Å²) in [5.74, 6) is 0. The van der Waals surface area contributed by atoms with Crippen molar-refractivity contribution in [1.82, 2.24) is 10.2 Å². The first-order valence-electron chi connectivity index (χ1n) is 6.99. The molecule has 2 rings (SSSR count). The third-order valence-corrected chi connectivity index (χ3v) is 4.08. The third kappa shape index (κ3) is 3.96. The van der Waals surface area contributed by atoms with E-state index in [2.05, 4.69) is 52.4 Å². The van der Waals surface area contributed by atoms with Crippen LogP contribution in [0.5, 0.6) is 0 Å². The van der Waals surface area contributed by atoms with Crippen LogP contribution >= 0.6 is 15.9 Å². The summed E-state index contributed by atoms with van der Waals surface area (Å²) in [6.07, 6.45) is 4.15. The zero-order valence-electron chi connectivity index (χ0n) is 11.4. The number of likely N-dealkylation sites (tertiary alicyclic amines) is 1. The Labute approximate surface area is 123 Å². The van der Waals surface area contributed by atoms with Crippen LogP contribution in [0.1, 0.15) is 31.7 Å². The summed E-state index contributed by atoms with van der Waals surface area (Å²) >= 11 is 3.45. The molecule has 0 saturated carbocycles. The van der Waals surface area contributed by atoms with Crippen molar-refractivity contribution in [2.24, 2.45) is 0 Å². The number of nitrogens with zero attached hydrogens (tertiary/aromatic N) is 1. The highest BCUT2D eigenvalue weighted by atomic mass is 79.9. The minimum Gasteiger partial charge on any atom is -0.338 e. The summed E-state index contributed by atoms with van der Waals surface area (Å²) in [5, 5.41) is 2.98. The topological polar surface area (TPSA) is 32.3 Å². The fourth-order valence-electron chi connectivity index (χ4n) is 2.54. The number of carbonyl (C=O) groups is 1. The first-order valence-corrected chi connectivity index (χ1v) is 7.79. The van der Waals surface area contributed by atoms with Crippen molar-refractivity contribution in [3.05, 3.63) is 34.3 Å². The molecule has 0 radical (unpaired) electrons. The Balaban J connectivity index is 1.95. The van der Waals surface area contributed by atoms with Crippen molar-refractivity contribution >= 4 is 22.0 Å². The highest BCUT2D eigenvalue weighted by Crippen LogP contribution is 2.22. The highest BCUT2D eigenvalue weighted by molar-refractivity contribution is 9.10. The number of nitrogens with one attached hydrogen (secondary N) is 1. The second-order valence-electron chi connectivity index (χ2n) is 5.05. The molecule has 1 aliphatic rings. The molecule has 1 aliphatic heterocycles. The minimum atomic E-state index is 0.0986. The highest BCUT2D eigenvalue weighted by Gasteiger charge is 2.28. The predicted molar refractivity (Wildman–Crippen MR) is 81.3 cm³/mol. The van der Waals surface area contributed by atoms with Crippen molar-refractivity contribution in [2.45, 2.75) is 38.6 Å². The van der Waals surface area contributed by atoms with Gasteiger partial charge in [0.05, 0.1) is 0 Å². The zero-order valence-corrected chi connectivity index (χ0v) is 12.9. The Kier molecular flexibility index (Phi) is 5.25. The molecule has 1 heterocycles. The maximum absolute atomic E-state index is 12.1. The molecule has 19 heavy (non-hydrogen) atoms. The number of halogens is 1. The third-order valence-electron chi connectivity index (χ3n) is 3.55. The lowest BCUT2D eigenvalue weighted by Gasteiger charge is -2.25. The van der Waals surface area contributed by atoms with E-state index in [9.17, 15) is 4.79 Å². The Hall–Kier alpha value is -1.03. The van der Waals surface area contributed by atoms with Gasteiger partial charge < -0.3 is 10.2 Å². The maximum Gasteiger partial charge on any atom is 0.317 e. The van der Waals surface area contributed by atoms with Crippen LogP contribution < -0.4 is 5.32 Å². The number of hydrogen-bond donors (Lipinski definition) is 1. The van der Waals surface area contributed by atoms with E-state index in [0.717, 1.165) is 43.2 Å². The molecule has 1 aromatic rings. The first-order chi connectivity index (χ1) is 9.20. The number of urea groups is 1. The van der Waals surface area contributed by atoms with Crippen molar-refractivity contribution in [3.63, 3.8) is 0 Å². The van der Waals surface area contributed by atoms with Crippen molar-refractivity contribution < 1.29 is 4.79 Å². The van der Waals surface area contributed by atoms with Gasteiger partial charge in [-0.2, -0.15) is 0 Å². The van der Waals surface area contributed by atoms with Gasteiger partial charge in [0.15, 0.2) is 0 Å². The quantitative estimate of drug-likeness (QED) is 0.902. The van der Waals surface area contributed by atoms with Gasteiger partial charge in [-0.05, 0) is 43.4 Å². The van der Waals surface area contributed by atoms with Crippen molar-refractivity contribution in [1.29, 1.82) is 0 Å². The molecule has 1 fully saturated rings. The molecule has 0 aromatic heterocycles. The molecule has 3 nitrogen and oxygen atoms in total. The van der Waals surface area contributed by atoms with E-state index in [1.54, 1.807) is 0 Å². The molecule has 1 unspecified atom stereocenters. The molecule has 1 N–H and O–H groups in total. The number of hydrogen-bond acceptors (Lipinski definition) is 1. The monoisotopic (exact) mass is 324 g/mol. The molecular weight excluding hydrogens is 304 g/mol. The van der Waals surface area contributed by atoms with Crippen LogP contribution in [0.15, 0.2) is 28.7 Å². The molecular formula is C15H21BrN2O. The summed E-state index contributed by atoms with van der Waals surface area (Å²) in [6.45, 7) is 3.72. The summed E-state index contributed by atoms with van der Waals surface area (Å²) in [4.78, 5) is 14.1. The normalized spacial score (nSPS) is 18.6. The van der Waals surface area contributed by atoms with Gasteiger partial charge in [-0.25, -0.2) is 4.79 Å². The average Bonchev–Trinajstić information content (AvgIpc) is 2.87. The predicted octanol–water partition coefficient (Wildman–Crippen LogP) is 3.58. The maximum atomic E-state index is 12.1. The number of benzene rings is 1. The van der Waals surface area contributed by atoms with Gasteiger partial charge in [-0.3, -0.25) is 0 Å². The van der Waals surface area contributed by atoms with Crippen molar-refractivity contribution in [2.75, 3.05) is 13.1 Å². The molecule has 2 amide bonds. The van der Waals surface area contributed by atoms with Crippen LogP contribution in [0, 0.1) is 0 Å². The van der Waals surface area contributed by atoms with Crippen LogP contribution in [0.25, 0.3) is 0 Å². The molecule has 0 aliphatic carbocycles. The number of rotatable bonds is 4. The van der Waals surface area contributed by atoms with E-state index in [4.69, 9.17) is 0 Å². The fraction of sp³-hybridized carbons (Fsp3) is 0.533. The second kappa shape index (κ2) is 6.94. The molecule has 104 valence electrons. The average molecular weight is 325 g/mol. The van der Waals surface area contributed by atoms with Gasteiger partial charge >= 0.3 is 6.03 Å². The summed E-state index contributed by atoms with van der Waals surface area (Å²) in [5.41, 5.74) is 1.29. The Morgan fingerprint density at radius 1 is 1.42 bits per heavy atom. The molecule has 1 aromatic carbocycles. The minimum absolute atomic E-state index is 0.0986. The van der Waals surface area contributed by atoms with Crippen LogP contribution in [0.2, 0.25) is 0 Å². The molecule has 1 atom stereocenters. The van der Waals surface area contributed by atoms with Crippen LogP contribution in [0.4, 0.5) is 4.79 Å². The van der Waals surface area contributed by atoms with E-state index in [1.165, 1.54) is 5.56 Å². The number of amides is 2. The van der Waals surface area contributed by atoms with Crippen LogP contribution in [-0.4, -0.2) is 30.1 Å². The van der Waals surface area contributed by atoms with Crippen LogP contribution in [0.3, 0.4) is 0 Å². The molecule has 1 saturated heterocycles. The largest absolute Gasteiger partial charge is 0.338 e. The molecule has 0 bridgehead atoms. The van der Waals surface area contributed by atoms with E-state index < -0.39 is 0 Å². The van der Waals surface area contributed by atoms with Gasteiger partial charge in [-0.15, -0.1) is 0 Å². The van der Waals surface area contributed by atoms with Crippen LogP contribution in [-0.2, 0) is 6.42 Å². The van der Waals surface area contributed by atoms with E-state index in [1.807, 2.05) is 4.90 Å². The van der Waals surface area contributed by atoms with E-state index in [0.29, 0.717) is 6.04 Å². The van der Waals surface area contributed by atoms with E-state index >= 15 is 0 Å². The fourth-order valence-corrected chi connectivity index (χ4v) is 2.81. The Morgan fingerprint density at radius 2 is 2.16 bits per heavy atom. The zero-order chi connectivity index (χ0) is 13.7. The summed E-state index contributed by atoms with van der Waals surface area (Å²) in [7, 11) is 0.